The highest BCUT2D eigenvalue weighted by molar-refractivity contribution is 7.89. The number of nitrogens with zero attached hydrogens (tertiary/aromatic N) is 3. The second-order valence-electron chi connectivity index (χ2n) is 7.75. The van der Waals surface area contributed by atoms with Crippen molar-refractivity contribution in [1.29, 1.82) is 0 Å². The summed E-state index contributed by atoms with van der Waals surface area (Å²) in [5.74, 6) is -1.36. The molecule has 1 saturated heterocycles. The third-order valence-corrected chi connectivity index (χ3v) is 7.42. The number of carbonyl (C=O) groups is 1. The number of rotatable bonds is 6. The zero-order valence-corrected chi connectivity index (χ0v) is 18.4. The molecule has 3 aromatic rings. The number of nitrogens with one attached hydrogen (secondary N) is 1. The van der Waals surface area contributed by atoms with Crippen LogP contribution in [0.2, 0.25) is 0 Å². The molecule has 0 saturated carbocycles. The van der Waals surface area contributed by atoms with E-state index in [4.69, 9.17) is 4.42 Å². The molecular formula is C21H22N4O7S. The second-order valence-corrected chi connectivity index (χ2v) is 9.69. The third-order valence-electron chi connectivity index (χ3n) is 5.51. The lowest BCUT2D eigenvalue weighted by Crippen LogP contribution is -2.31. The van der Waals surface area contributed by atoms with Crippen LogP contribution in [0.25, 0.3) is 11.1 Å². The number of non-ortho nitro benzene ring substituents is 1. The topological polar surface area (TPSA) is 145 Å². The summed E-state index contributed by atoms with van der Waals surface area (Å²) in [5, 5.41) is 13.5. The average Bonchev–Trinajstić information content (AvgIpc) is 2.96. The molecule has 4 rings (SSSR count). The summed E-state index contributed by atoms with van der Waals surface area (Å²) < 4.78 is 33.3. The first-order chi connectivity index (χ1) is 15.8. The van der Waals surface area contributed by atoms with Crippen LogP contribution in [0.15, 0.2) is 56.6 Å². The predicted molar refractivity (Wildman–Crippen MR) is 119 cm³/mol. The minimum Gasteiger partial charge on any atom is -0.407 e. The number of carbonyl (C=O) groups excluding carboxylic acids is 1. The molecule has 0 unspecified atom stereocenters. The summed E-state index contributed by atoms with van der Waals surface area (Å²) in [6, 6.07) is 9.53. The molecular weight excluding hydrogens is 452 g/mol. The molecule has 2 aromatic carbocycles. The maximum Gasteiger partial charge on any atom is 0.420 e. The quantitative estimate of drug-likeness (QED) is 0.427. The van der Waals surface area contributed by atoms with Crippen molar-refractivity contribution in [2.45, 2.75) is 37.1 Å². The van der Waals surface area contributed by atoms with Gasteiger partial charge in [0.1, 0.15) is 6.54 Å². The number of nitro groups is 1. The molecule has 1 aromatic heterocycles. The highest BCUT2D eigenvalue weighted by Gasteiger charge is 2.25. The molecule has 174 valence electrons. The molecule has 0 atom stereocenters. The Labute approximate surface area is 188 Å². The lowest BCUT2D eigenvalue weighted by Gasteiger charge is -2.20. The van der Waals surface area contributed by atoms with Gasteiger partial charge in [0.05, 0.1) is 21.4 Å². The Morgan fingerprint density at radius 3 is 2.36 bits per heavy atom. The van der Waals surface area contributed by atoms with Crippen LogP contribution in [-0.2, 0) is 21.4 Å². The molecule has 1 fully saturated rings. The number of aromatic nitrogens is 1. The molecule has 1 aliphatic heterocycles. The Morgan fingerprint density at radius 1 is 1.06 bits per heavy atom. The van der Waals surface area contributed by atoms with Crippen LogP contribution in [0.5, 0.6) is 0 Å². The monoisotopic (exact) mass is 474 g/mol. The fraction of sp³-hybridized carbons (Fsp3) is 0.333. The van der Waals surface area contributed by atoms with E-state index in [1.54, 1.807) is 0 Å². The van der Waals surface area contributed by atoms with E-state index in [0.717, 1.165) is 36.3 Å². The molecule has 0 spiro atoms. The van der Waals surface area contributed by atoms with Crippen molar-refractivity contribution in [3.05, 3.63) is 63.1 Å². The summed E-state index contributed by atoms with van der Waals surface area (Å²) >= 11 is 0. The lowest BCUT2D eigenvalue weighted by atomic mass is 10.2. The Balaban J connectivity index is 1.47. The Kier molecular flexibility index (Phi) is 6.29. The lowest BCUT2D eigenvalue weighted by molar-refractivity contribution is -0.384. The largest absolute Gasteiger partial charge is 0.420 e. The van der Waals surface area contributed by atoms with Gasteiger partial charge in [0.25, 0.3) is 5.69 Å². The normalized spacial score (nSPS) is 15.3. The zero-order valence-electron chi connectivity index (χ0n) is 17.6. The summed E-state index contributed by atoms with van der Waals surface area (Å²) in [6.07, 6.45) is 3.71. The minimum absolute atomic E-state index is 0.00470. The predicted octanol–water partition coefficient (Wildman–Crippen LogP) is 2.71. The molecule has 2 heterocycles. The first-order valence-electron chi connectivity index (χ1n) is 10.4. The van der Waals surface area contributed by atoms with Crippen molar-refractivity contribution < 1.29 is 22.6 Å². The van der Waals surface area contributed by atoms with E-state index in [0.29, 0.717) is 18.8 Å². The number of sulfonamides is 1. The molecule has 33 heavy (non-hydrogen) atoms. The Bertz CT molecular complexity index is 1350. The van der Waals surface area contributed by atoms with Gasteiger partial charge in [-0.05, 0) is 43.2 Å². The van der Waals surface area contributed by atoms with Crippen molar-refractivity contribution >= 4 is 38.4 Å². The van der Waals surface area contributed by atoms with Gasteiger partial charge in [0, 0.05) is 24.8 Å². The number of amides is 1. The second kappa shape index (κ2) is 9.16. The van der Waals surface area contributed by atoms with Crippen molar-refractivity contribution in [2.75, 3.05) is 18.4 Å². The van der Waals surface area contributed by atoms with Crippen LogP contribution < -0.4 is 11.1 Å². The molecule has 1 aliphatic rings. The van der Waals surface area contributed by atoms with Crippen LogP contribution >= 0.6 is 0 Å². The number of nitro benzene ring substituents is 1. The Morgan fingerprint density at radius 2 is 1.73 bits per heavy atom. The van der Waals surface area contributed by atoms with Crippen LogP contribution in [0.1, 0.15) is 25.7 Å². The highest BCUT2D eigenvalue weighted by Crippen LogP contribution is 2.22. The van der Waals surface area contributed by atoms with E-state index in [-0.39, 0.29) is 28.2 Å². The number of anilines is 1. The SMILES string of the molecule is O=C(Cn1c(=O)oc2cc([N+](=O)[O-])ccc21)Nc1ccc(S(=O)(=O)N2CCCCCC2)cc1. The standard InChI is InChI=1S/C21H22N4O7S/c26-20(14-24-18-10-7-16(25(28)29)13-19(18)32-21(24)27)22-15-5-8-17(9-6-15)33(30,31)23-11-3-1-2-4-12-23/h5-10,13H,1-4,11-12,14H2,(H,22,26). The van der Waals surface area contributed by atoms with E-state index in [2.05, 4.69) is 5.32 Å². The minimum atomic E-state index is -3.60. The van der Waals surface area contributed by atoms with Crippen molar-refractivity contribution in [3.8, 4) is 0 Å². The van der Waals surface area contributed by atoms with E-state index in [1.807, 2.05) is 0 Å². The number of fused-ring (bicyclic) bond motifs is 1. The molecule has 11 nitrogen and oxygen atoms in total. The van der Waals surface area contributed by atoms with Gasteiger partial charge >= 0.3 is 5.76 Å². The summed E-state index contributed by atoms with van der Waals surface area (Å²) in [5.41, 5.74) is 0.388. The van der Waals surface area contributed by atoms with E-state index < -0.39 is 26.6 Å². The van der Waals surface area contributed by atoms with Gasteiger partial charge in [0.2, 0.25) is 15.9 Å². The number of hydrogen-bond donors (Lipinski definition) is 1. The van der Waals surface area contributed by atoms with Gasteiger partial charge in [-0.3, -0.25) is 19.5 Å². The molecule has 1 N–H and O–H groups in total. The summed E-state index contributed by atoms with van der Waals surface area (Å²) in [7, 11) is -3.60. The van der Waals surface area contributed by atoms with E-state index >= 15 is 0 Å². The molecule has 0 aliphatic carbocycles. The van der Waals surface area contributed by atoms with Gasteiger partial charge in [-0.15, -0.1) is 0 Å². The van der Waals surface area contributed by atoms with Gasteiger partial charge < -0.3 is 9.73 Å². The highest BCUT2D eigenvalue weighted by atomic mass is 32.2. The van der Waals surface area contributed by atoms with Gasteiger partial charge in [-0.25, -0.2) is 13.2 Å². The maximum atomic E-state index is 12.9. The van der Waals surface area contributed by atoms with Crippen LogP contribution in [0, 0.1) is 10.1 Å². The van der Waals surface area contributed by atoms with Crippen molar-refractivity contribution in [3.63, 3.8) is 0 Å². The smallest absolute Gasteiger partial charge is 0.407 e. The maximum absolute atomic E-state index is 12.9. The number of benzene rings is 2. The summed E-state index contributed by atoms with van der Waals surface area (Å²) in [6.45, 7) is 0.617. The first kappa shape index (κ1) is 22.7. The third kappa shape index (κ3) is 4.81. The van der Waals surface area contributed by atoms with Gasteiger partial charge in [-0.2, -0.15) is 4.31 Å². The van der Waals surface area contributed by atoms with E-state index in [1.165, 1.54) is 40.7 Å². The van der Waals surface area contributed by atoms with Crippen LogP contribution in [0.4, 0.5) is 11.4 Å². The molecule has 0 radical (unpaired) electrons. The number of hydrogen-bond acceptors (Lipinski definition) is 7. The van der Waals surface area contributed by atoms with E-state index in [9.17, 15) is 28.1 Å². The zero-order chi connectivity index (χ0) is 23.6. The molecule has 1 amide bonds. The molecule has 0 bridgehead atoms. The first-order valence-corrected chi connectivity index (χ1v) is 11.9. The fourth-order valence-corrected chi connectivity index (χ4v) is 5.32. The van der Waals surface area contributed by atoms with Crippen molar-refractivity contribution in [2.24, 2.45) is 0 Å². The number of oxazole rings is 1. The fourth-order valence-electron chi connectivity index (χ4n) is 3.80. The van der Waals surface area contributed by atoms with Crippen molar-refractivity contribution in [1.82, 2.24) is 8.87 Å². The van der Waals surface area contributed by atoms with Gasteiger partial charge in [0.15, 0.2) is 5.58 Å². The molecule has 12 heteroatoms. The average molecular weight is 474 g/mol. The van der Waals surface area contributed by atoms with Crippen LogP contribution in [-0.4, -0.2) is 41.2 Å². The van der Waals surface area contributed by atoms with Crippen LogP contribution in [0.3, 0.4) is 0 Å². The Hall–Kier alpha value is -3.51. The summed E-state index contributed by atoms with van der Waals surface area (Å²) in [4.78, 5) is 35.0. The van der Waals surface area contributed by atoms with Gasteiger partial charge in [-0.1, -0.05) is 12.8 Å².